The maximum absolute atomic E-state index is 11.7. The summed E-state index contributed by atoms with van der Waals surface area (Å²) in [6.07, 6.45) is 2.68. The average Bonchev–Trinajstić information content (AvgIpc) is 3.17. The molecule has 1 fully saturated rings. The third-order valence-corrected chi connectivity index (χ3v) is 6.15. The number of halogens is 1. The number of hydrogen-bond acceptors (Lipinski definition) is 3. The highest BCUT2D eigenvalue weighted by Gasteiger charge is 2.37. The van der Waals surface area contributed by atoms with Crippen molar-refractivity contribution in [1.82, 2.24) is 4.90 Å². The van der Waals surface area contributed by atoms with Gasteiger partial charge in [0.2, 0.25) is 0 Å². The molecule has 23 heavy (non-hydrogen) atoms. The lowest BCUT2D eigenvalue weighted by atomic mass is 10.0. The number of carbonyl (C=O) groups is 1. The summed E-state index contributed by atoms with van der Waals surface area (Å²) in [6.45, 7) is 2.98. The van der Waals surface area contributed by atoms with Crippen molar-refractivity contribution >= 4 is 33.2 Å². The Hall–Kier alpha value is -1.17. The molecule has 0 aliphatic carbocycles. The minimum absolute atomic E-state index is 0.0152. The molecule has 1 aliphatic heterocycles. The second-order valence-electron chi connectivity index (χ2n) is 5.85. The van der Waals surface area contributed by atoms with Gasteiger partial charge in [0.15, 0.2) is 0 Å². The summed E-state index contributed by atoms with van der Waals surface area (Å²) in [7, 11) is 0. The van der Waals surface area contributed by atoms with Crippen molar-refractivity contribution < 1.29 is 9.90 Å². The second-order valence-corrected chi connectivity index (χ2v) is 7.96. The summed E-state index contributed by atoms with van der Waals surface area (Å²) < 4.78 is 1.03. The average molecular weight is 394 g/mol. The smallest absolute Gasteiger partial charge is 0.320 e. The molecule has 2 unspecified atom stereocenters. The number of thiophene rings is 1. The van der Waals surface area contributed by atoms with Gasteiger partial charge in [-0.3, -0.25) is 9.69 Å². The van der Waals surface area contributed by atoms with Gasteiger partial charge in [-0.05, 0) is 49.1 Å². The van der Waals surface area contributed by atoms with Crippen LogP contribution in [0.2, 0.25) is 0 Å². The van der Waals surface area contributed by atoms with Crippen LogP contribution in [-0.2, 0) is 11.2 Å². The van der Waals surface area contributed by atoms with Crippen LogP contribution in [0.3, 0.4) is 0 Å². The number of carboxylic acids is 1. The lowest BCUT2D eigenvalue weighted by Crippen LogP contribution is -2.39. The summed E-state index contributed by atoms with van der Waals surface area (Å²) in [5.41, 5.74) is 1.15. The van der Waals surface area contributed by atoms with Crippen LogP contribution in [0.25, 0.3) is 0 Å². The van der Waals surface area contributed by atoms with Crippen LogP contribution < -0.4 is 0 Å². The first-order chi connectivity index (χ1) is 11.1. The molecule has 2 aromatic rings. The number of aryl methyl sites for hydroxylation is 1. The van der Waals surface area contributed by atoms with Crippen LogP contribution in [0.5, 0.6) is 0 Å². The molecule has 3 nitrogen and oxygen atoms in total. The van der Waals surface area contributed by atoms with Gasteiger partial charge in [0.05, 0.1) is 6.04 Å². The van der Waals surface area contributed by atoms with E-state index in [2.05, 4.69) is 52.0 Å². The molecule has 1 aromatic carbocycles. The van der Waals surface area contributed by atoms with E-state index in [1.54, 1.807) is 11.3 Å². The predicted molar refractivity (Wildman–Crippen MR) is 97.0 cm³/mol. The van der Waals surface area contributed by atoms with Crippen LogP contribution in [0.1, 0.15) is 41.1 Å². The van der Waals surface area contributed by atoms with Gasteiger partial charge in [-0.15, -0.1) is 11.3 Å². The van der Waals surface area contributed by atoms with E-state index in [0.29, 0.717) is 0 Å². The number of likely N-dealkylation sites (tertiary alicyclic amines) is 1. The summed E-state index contributed by atoms with van der Waals surface area (Å²) >= 11 is 5.34. The van der Waals surface area contributed by atoms with Gasteiger partial charge in [-0.2, -0.15) is 0 Å². The van der Waals surface area contributed by atoms with Crippen LogP contribution in [0.4, 0.5) is 0 Å². The fourth-order valence-corrected chi connectivity index (χ4v) is 4.81. The van der Waals surface area contributed by atoms with Crippen LogP contribution in [-0.4, -0.2) is 28.6 Å². The zero-order valence-electron chi connectivity index (χ0n) is 13.0. The first-order valence-corrected chi connectivity index (χ1v) is 9.53. The van der Waals surface area contributed by atoms with Crippen molar-refractivity contribution in [2.24, 2.45) is 0 Å². The highest BCUT2D eigenvalue weighted by Crippen LogP contribution is 2.38. The van der Waals surface area contributed by atoms with Gasteiger partial charge < -0.3 is 5.11 Å². The maximum Gasteiger partial charge on any atom is 0.320 e. The van der Waals surface area contributed by atoms with Crippen molar-refractivity contribution in [2.45, 2.75) is 38.3 Å². The third-order valence-electron chi connectivity index (χ3n) is 4.38. The molecule has 0 spiro atoms. The molecular weight excluding hydrogens is 374 g/mol. The number of hydrogen-bond donors (Lipinski definition) is 1. The molecule has 1 saturated heterocycles. The lowest BCUT2D eigenvalue weighted by Gasteiger charge is -2.31. The summed E-state index contributed by atoms with van der Waals surface area (Å²) in [6, 6.07) is 12.2. The van der Waals surface area contributed by atoms with E-state index in [-0.39, 0.29) is 6.04 Å². The Morgan fingerprint density at radius 1 is 1.43 bits per heavy atom. The highest BCUT2D eigenvalue weighted by molar-refractivity contribution is 9.10. The van der Waals surface area contributed by atoms with Crippen molar-refractivity contribution in [3.63, 3.8) is 0 Å². The molecule has 2 heterocycles. The summed E-state index contributed by atoms with van der Waals surface area (Å²) in [5, 5.41) is 9.58. The molecule has 0 amide bonds. The van der Waals surface area contributed by atoms with E-state index in [0.717, 1.165) is 35.8 Å². The van der Waals surface area contributed by atoms with Gasteiger partial charge in [-0.25, -0.2) is 0 Å². The van der Waals surface area contributed by atoms with Crippen LogP contribution in [0.15, 0.2) is 40.9 Å². The monoisotopic (exact) mass is 393 g/mol. The van der Waals surface area contributed by atoms with Crippen LogP contribution >= 0.6 is 27.3 Å². The summed E-state index contributed by atoms with van der Waals surface area (Å²) in [4.78, 5) is 16.4. The Balaban J connectivity index is 2.04. The van der Waals surface area contributed by atoms with Gasteiger partial charge >= 0.3 is 5.97 Å². The highest BCUT2D eigenvalue weighted by atomic mass is 79.9. The second kappa shape index (κ2) is 7.16. The van der Waals surface area contributed by atoms with Crippen molar-refractivity contribution in [2.75, 3.05) is 6.54 Å². The minimum atomic E-state index is -0.713. The van der Waals surface area contributed by atoms with Crippen molar-refractivity contribution in [1.29, 1.82) is 0 Å². The fraction of sp³-hybridized carbons (Fsp3) is 0.389. The van der Waals surface area contributed by atoms with Gasteiger partial charge in [-0.1, -0.05) is 35.0 Å². The summed E-state index contributed by atoms with van der Waals surface area (Å²) in [5.74, 6) is -0.713. The molecule has 1 aliphatic rings. The van der Waals surface area contributed by atoms with E-state index >= 15 is 0 Å². The number of aliphatic carboxylic acids is 1. The van der Waals surface area contributed by atoms with E-state index < -0.39 is 12.0 Å². The SMILES string of the molecule is CCc1ccc(C(c2cccc(Br)c2)N2CCCC2C(=O)O)s1. The van der Waals surface area contributed by atoms with Crippen LogP contribution in [0, 0.1) is 0 Å². The molecule has 122 valence electrons. The Kier molecular flexibility index (Phi) is 5.19. The molecule has 0 saturated carbocycles. The zero-order chi connectivity index (χ0) is 16.4. The van der Waals surface area contributed by atoms with E-state index in [4.69, 9.17) is 0 Å². The molecule has 1 aromatic heterocycles. The Morgan fingerprint density at radius 2 is 2.26 bits per heavy atom. The number of nitrogens with zero attached hydrogens (tertiary/aromatic N) is 1. The van der Waals surface area contributed by atoms with Crippen molar-refractivity contribution in [3.05, 3.63) is 56.2 Å². The Labute approximate surface area is 149 Å². The molecule has 0 bridgehead atoms. The third kappa shape index (κ3) is 3.52. The number of carboxylic acid groups (broad SMARTS) is 1. The molecule has 0 radical (unpaired) electrons. The largest absolute Gasteiger partial charge is 0.480 e. The number of benzene rings is 1. The predicted octanol–water partition coefficient (Wildman–Crippen LogP) is 4.71. The van der Waals surface area contributed by atoms with E-state index in [9.17, 15) is 9.90 Å². The molecular formula is C18H20BrNO2S. The molecule has 5 heteroatoms. The Morgan fingerprint density at radius 3 is 2.91 bits per heavy atom. The number of rotatable bonds is 5. The topological polar surface area (TPSA) is 40.5 Å². The first kappa shape index (κ1) is 16.7. The van der Waals surface area contributed by atoms with E-state index in [1.807, 2.05) is 12.1 Å². The standard InChI is InChI=1S/C18H20BrNO2S/c1-2-14-8-9-16(23-14)17(12-5-3-6-13(19)11-12)20-10-4-7-15(20)18(21)22/h3,5-6,8-9,11,15,17H,2,4,7,10H2,1H3,(H,21,22). The maximum atomic E-state index is 11.7. The Bertz CT molecular complexity index is 700. The van der Waals surface area contributed by atoms with Gasteiger partial charge in [0.25, 0.3) is 0 Å². The zero-order valence-corrected chi connectivity index (χ0v) is 15.4. The fourth-order valence-electron chi connectivity index (χ4n) is 3.29. The van der Waals surface area contributed by atoms with Crippen molar-refractivity contribution in [3.8, 4) is 0 Å². The molecule has 1 N–H and O–H groups in total. The quantitative estimate of drug-likeness (QED) is 0.799. The van der Waals surface area contributed by atoms with E-state index in [1.165, 1.54) is 9.75 Å². The molecule has 3 rings (SSSR count). The van der Waals surface area contributed by atoms with Gasteiger partial charge in [0.1, 0.15) is 6.04 Å². The first-order valence-electron chi connectivity index (χ1n) is 7.92. The van der Waals surface area contributed by atoms with Gasteiger partial charge in [0, 0.05) is 20.8 Å². The lowest BCUT2D eigenvalue weighted by molar-refractivity contribution is -0.142. The minimum Gasteiger partial charge on any atom is -0.480 e. The normalized spacial score (nSPS) is 19.8. The molecule has 2 atom stereocenters.